The zero-order chi connectivity index (χ0) is 20.5. The Balaban J connectivity index is 2.31. The molecule has 13 nitrogen and oxygen atoms in total. The highest BCUT2D eigenvalue weighted by molar-refractivity contribution is 6.33. The summed E-state index contributed by atoms with van der Waals surface area (Å²) in [5.74, 6) is -1.39. The first-order valence-corrected chi connectivity index (χ1v) is 7.51. The average molecular weight is 399 g/mol. The Labute approximate surface area is 155 Å². The second-order valence-electron chi connectivity index (χ2n) is 5.34. The molecule has 0 atom stereocenters. The molecule has 2 rings (SSSR count). The summed E-state index contributed by atoms with van der Waals surface area (Å²) in [6, 6.07) is 1.96. The van der Waals surface area contributed by atoms with Gasteiger partial charge in [-0.05, 0) is 18.8 Å². The molecular formula is C13H11ClN6O7. The molecule has 1 amide bonds. The minimum atomic E-state index is -0.809. The van der Waals surface area contributed by atoms with Crippen molar-refractivity contribution >= 4 is 40.4 Å². The van der Waals surface area contributed by atoms with Crippen molar-refractivity contribution in [3.05, 3.63) is 58.8 Å². The van der Waals surface area contributed by atoms with E-state index < -0.39 is 44.4 Å². The van der Waals surface area contributed by atoms with Gasteiger partial charge in [-0.15, -0.1) is 0 Å². The van der Waals surface area contributed by atoms with Gasteiger partial charge in [0.15, 0.2) is 5.02 Å². The summed E-state index contributed by atoms with van der Waals surface area (Å²) < 4.78 is 0.979. The number of nitro groups is 3. The molecule has 0 fully saturated rings. The number of hydrogen-bond donors (Lipinski definition) is 1. The summed E-state index contributed by atoms with van der Waals surface area (Å²) in [7, 11) is 0. The first-order valence-electron chi connectivity index (χ1n) is 7.13. The molecule has 1 aromatic carbocycles. The highest BCUT2D eigenvalue weighted by atomic mass is 35.5. The number of hydrogen-bond acceptors (Lipinski definition) is 8. The van der Waals surface area contributed by atoms with Gasteiger partial charge in [-0.3, -0.25) is 25.0 Å². The standard InChI is InChI=1S/C13H11ClN6O7/c1-6-9(18(22)23)3-8(4-10(6)19(24)25)15-11(21)5-17-7(2)12(14)13(16-17)20(26)27/h3-4H,5H2,1-2H3,(H,15,21). The van der Waals surface area contributed by atoms with E-state index >= 15 is 0 Å². The Kier molecular flexibility index (Phi) is 5.35. The van der Waals surface area contributed by atoms with E-state index in [2.05, 4.69) is 10.4 Å². The minimum Gasteiger partial charge on any atom is -0.358 e. The fourth-order valence-corrected chi connectivity index (χ4v) is 2.46. The van der Waals surface area contributed by atoms with Crippen molar-refractivity contribution in [3.8, 4) is 0 Å². The van der Waals surface area contributed by atoms with Gasteiger partial charge >= 0.3 is 5.82 Å². The van der Waals surface area contributed by atoms with E-state index in [0.29, 0.717) is 0 Å². The largest absolute Gasteiger partial charge is 0.408 e. The molecule has 0 aliphatic heterocycles. The van der Waals surface area contributed by atoms with Crippen LogP contribution in [0.5, 0.6) is 0 Å². The fourth-order valence-electron chi connectivity index (χ4n) is 2.25. The number of anilines is 1. The summed E-state index contributed by atoms with van der Waals surface area (Å²) in [5, 5.41) is 38.6. The molecule has 0 radical (unpaired) electrons. The van der Waals surface area contributed by atoms with Crippen LogP contribution >= 0.6 is 11.6 Å². The number of halogens is 1. The summed E-state index contributed by atoms with van der Waals surface area (Å²) in [4.78, 5) is 42.6. The van der Waals surface area contributed by atoms with Gasteiger partial charge in [-0.25, -0.2) is 0 Å². The topological polar surface area (TPSA) is 176 Å². The quantitative estimate of drug-likeness (QED) is 0.569. The maximum atomic E-state index is 12.1. The number of rotatable bonds is 6. The Morgan fingerprint density at radius 1 is 1.11 bits per heavy atom. The maximum Gasteiger partial charge on any atom is 0.408 e. The number of carbonyl (C=O) groups is 1. The smallest absolute Gasteiger partial charge is 0.358 e. The third-order valence-corrected chi connectivity index (χ3v) is 4.06. The van der Waals surface area contributed by atoms with Crippen LogP contribution in [-0.2, 0) is 11.3 Å². The second kappa shape index (κ2) is 7.33. The lowest BCUT2D eigenvalue weighted by molar-refractivity contribution is -0.395. The van der Waals surface area contributed by atoms with Gasteiger partial charge in [-0.2, -0.15) is 4.68 Å². The van der Waals surface area contributed by atoms with E-state index in [4.69, 9.17) is 11.6 Å². The molecule has 27 heavy (non-hydrogen) atoms. The zero-order valence-corrected chi connectivity index (χ0v) is 14.6. The average Bonchev–Trinajstić information content (AvgIpc) is 2.84. The lowest BCUT2D eigenvalue weighted by Gasteiger charge is -2.07. The molecule has 2 aromatic rings. The highest BCUT2D eigenvalue weighted by Crippen LogP contribution is 2.32. The molecule has 0 bridgehead atoms. The van der Waals surface area contributed by atoms with Crippen molar-refractivity contribution in [2.24, 2.45) is 0 Å². The number of nitrogens with zero attached hydrogens (tertiary/aromatic N) is 5. The Morgan fingerprint density at radius 2 is 1.63 bits per heavy atom. The van der Waals surface area contributed by atoms with Crippen molar-refractivity contribution < 1.29 is 19.6 Å². The normalized spacial score (nSPS) is 10.5. The van der Waals surface area contributed by atoms with Crippen LogP contribution in [0.15, 0.2) is 12.1 Å². The van der Waals surface area contributed by atoms with Crippen molar-refractivity contribution in [2.45, 2.75) is 20.4 Å². The van der Waals surface area contributed by atoms with E-state index in [-0.39, 0.29) is 22.0 Å². The first-order chi connectivity index (χ1) is 12.5. The minimum absolute atomic E-state index is 0.159. The van der Waals surface area contributed by atoms with E-state index in [1.54, 1.807) is 0 Å². The van der Waals surface area contributed by atoms with Gasteiger partial charge in [0, 0.05) is 12.1 Å². The lowest BCUT2D eigenvalue weighted by atomic mass is 10.1. The molecular weight excluding hydrogens is 388 g/mol. The number of carbonyl (C=O) groups excluding carboxylic acids is 1. The van der Waals surface area contributed by atoms with Crippen LogP contribution in [-0.4, -0.2) is 30.5 Å². The Hall–Kier alpha value is -3.61. The molecule has 14 heteroatoms. The Bertz CT molecular complexity index is 951. The molecule has 0 unspecified atom stereocenters. The molecule has 0 spiro atoms. The fraction of sp³-hybridized carbons (Fsp3) is 0.231. The van der Waals surface area contributed by atoms with Gasteiger partial charge in [0.25, 0.3) is 11.4 Å². The van der Waals surface area contributed by atoms with Crippen molar-refractivity contribution in [3.63, 3.8) is 0 Å². The number of nitrogens with one attached hydrogen (secondary N) is 1. The van der Waals surface area contributed by atoms with Crippen molar-refractivity contribution in [1.29, 1.82) is 0 Å². The van der Waals surface area contributed by atoms with Crippen LogP contribution < -0.4 is 5.32 Å². The van der Waals surface area contributed by atoms with Crippen molar-refractivity contribution in [1.82, 2.24) is 9.78 Å². The van der Waals surface area contributed by atoms with Crippen LogP contribution in [0, 0.1) is 44.2 Å². The SMILES string of the molecule is Cc1c([N+](=O)[O-])cc(NC(=O)Cn2nc([N+](=O)[O-])c(Cl)c2C)cc1[N+](=O)[O-]. The molecule has 142 valence electrons. The van der Waals surface area contributed by atoms with Gasteiger partial charge in [0.2, 0.25) is 5.91 Å². The monoisotopic (exact) mass is 398 g/mol. The van der Waals surface area contributed by atoms with Crippen LogP contribution in [0.2, 0.25) is 5.02 Å². The van der Waals surface area contributed by atoms with Gasteiger partial charge in [0.1, 0.15) is 12.1 Å². The van der Waals surface area contributed by atoms with E-state index in [1.165, 1.54) is 13.8 Å². The predicted molar refractivity (Wildman–Crippen MR) is 91.7 cm³/mol. The third kappa shape index (κ3) is 3.98. The molecule has 0 aliphatic carbocycles. The first kappa shape index (κ1) is 19.7. The van der Waals surface area contributed by atoms with Crippen LogP contribution in [0.4, 0.5) is 22.9 Å². The van der Waals surface area contributed by atoms with Crippen LogP contribution in [0.25, 0.3) is 0 Å². The molecule has 1 aromatic heterocycles. The molecule has 0 saturated carbocycles. The van der Waals surface area contributed by atoms with Gasteiger partial charge in [0.05, 0.1) is 26.3 Å². The zero-order valence-electron chi connectivity index (χ0n) is 13.8. The summed E-state index contributed by atoms with van der Waals surface area (Å²) in [5.41, 5.74) is -1.23. The van der Waals surface area contributed by atoms with Gasteiger partial charge in [-0.1, -0.05) is 11.6 Å². The molecule has 1 heterocycles. The molecule has 1 N–H and O–H groups in total. The van der Waals surface area contributed by atoms with Crippen LogP contribution in [0.3, 0.4) is 0 Å². The van der Waals surface area contributed by atoms with Crippen LogP contribution in [0.1, 0.15) is 11.3 Å². The van der Waals surface area contributed by atoms with E-state index in [1.807, 2.05) is 0 Å². The summed E-state index contributed by atoms with van der Waals surface area (Å²) in [6.07, 6.45) is 0. The molecule has 0 saturated heterocycles. The predicted octanol–water partition coefficient (Wildman–Crippen LogP) is 2.52. The van der Waals surface area contributed by atoms with Gasteiger partial charge < -0.3 is 15.4 Å². The van der Waals surface area contributed by atoms with E-state index in [9.17, 15) is 35.1 Å². The summed E-state index contributed by atoms with van der Waals surface area (Å²) >= 11 is 5.77. The highest BCUT2D eigenvalue weighted by Gasteiger charge is 2.26. The number of aromatic nitrogens is 2. The second-order valence-corrected chi connectivity index (χ2v) is 5.72. The number of amides is 1. The number of nitro benzene ring substituents is 2. The maximum absolute atomic E-state index is 12.1. The number of benzene rings is 1. The lowest BCUT2D eigenvalue weighted by Crippen LogP contribution is -2.20. The third-order valence-electron chi connectivity index (χ3n) is 3.61. The summed E-state index contributed by atoms with van der Waals surface area (Å²) in [6.45, 7) is 2.14. The van der Waals surface area contributed by atoms with E-state index in [0.717, 1.165) is 16.8 Å². The Morgan fingerprint density at radius 3 is 2.04 bits per heavy atom. The molecule has 0 aliphatic rings. The van der Waals surface area contributed by atoms with Crippen molar-refractivity contribution in [2.75, 3.05) is 5.32 Å².